The zero-order valence-corrected chi connectivity index (χ0v) is 10.2. The molecule has 2 nitrogen and oxygen atoms in total. The number of benzene rings is 1. The molecule has 82 valence electrons. The summed E-state index contributed by atoms with van der Waals surface area (Å²) in [6.07, 6.45) is 1.58. The van der Waals surface area contributed by atoms with Gasteiger partial charge in [-0.3, -0.25) is 0 Å². The topological polar surface area (TPSA) is 22.1 Å². The first-order chi connectivity index (χ1) is 7.68. The number of para-hydroxylation sites is 1. The predicted octanol–water partition coefficient (Wildman–Crippen LogP) is 4.83. The molecular formula is C11H6Cl3NO. The monoisotopic (exact) mass is 273 g/mol. The Hall–Kier alpha value is -0.960. The van der Waals surface area contributed by atoms with Crippen LogP contribution in [0.4, 0.5) is 0 Å². The van der Waals surface area contributed by atoms with Crippen molar-refractivity contribution in [1.82, 2.24) is 4.98 Å². The summed E-state index contributed by atoms with van der Waals surface area (Å²) in [6, 6.07) is 8.48. The van der Waals surface area contributed by atoms with Crippen molar-refractivity contribution in [3.05, 3.63) is 51.6 Å². The maximum Gasteiger partial charge on any atom is 0.238 e. The third kappa shape index (κ3) is 2.40. The molecule has 2 aromatic rings. The van der Waals surface area contributed by atoms with Gasteiger partial charge in [-0.2, -0.15) is 0 Å². The average molecular weight is 275 g/mol. The van der Waals surface area contributed by atoms with E-state index in [0.29, 0.717) is 20.8 Å². The minimum Gasteiger partial charge on any atom is -0.434 e. The van der Waals surface area contributed by atoms with E-state index in [9.17, 15) is 0 Å². The van der Waals surface area contributed by atoms with Gasteiger partial charge in [-0.05, 0) is 24.3 Å². The smallest absolute Gasteiger partial charge is 0.238 e. The number of hydrogen-bond acceptors (Lipinski definition) is 2. The molecule has 0 aliphatic rings. The molecule has 0 aliphatic carbocycles. The first kappa shape index (κ1) is 11.5. The highest BCUT2D eigenvalue weighted by molar-refractivity contribution is 6.37. The van der Waals surface area contributed by atoms with Gasteiger partial charge in [-0.25, -0.2) is 4.98 Å². The van der Waals surface area contributed by atoms with E-state index in [1.165, 1.54) is 0 Å². The van der Waals surface area contributed by atoms with E-state index in [4.69, 9.17) is 39.5 Å². The molecule has 16 heavy (non-hydrogen) atoms. The molecule has 0 unspecified atom stereocenters. The molecule has 0 aliphatic heterocycles. The Bertz CT molecular complexity index is 496. The third-order valence-corrected chi connectivity index (χ3v) is 2.73. The van der Waals surface area contributed by atoms with Crippen molar-refractivity contribution in [2.45, 2.75) is 0 Å². The normalized spacial score (nSPS) is 10.2. The van der Waals surface area contributed by atoms with E-state index in [1.54, 1.807) is 36.5 Å². The SMILES string of the molecule is Clc1cccnc1Oc1c(Cl)cccc1Cl. The molecule has 5 heteroatoms. The van der Waals surface area contributed by atoms with Crippen LogP contribution in [0.5, 0.6) is 11.6 Å². The molecule has 0 bridgehead atoms. The number of nitrogens with zero attached hydrogens (tertiary/aromatic N) is 1. The largest absolute Gasteiger partial charge is 0.434 e. The van der Waals surface area contributed by atoms with Crippen molar-refractivity contribution in [2.24, 2.45) is 0 Å². The molecule has 1 heterocycles. The molecule has 0 amide bonds. The molecule has 0 saturated carbocycles. The summed E-state index contributed by atoms with van der Waals surface area (Å²) in [7, 11) is 0. The van der Waals surface area contributed by atoms with Gasteiger partial charge >= 0.3 is 0 Å². The highest BCUT2D eigenvalue weighted by Crippen LogP contribution is 2.37. The quantitative estimate of drug-likeness (QED) is 0.782. The lowest BCUT2D eigenvalue weighted by molar-refractivity contribution is 0.464. The van der Waals surface area contributed by atoms with Crippen LogP contribution in [0.2, 0.25) is 15.1 Å². The van der Waals surface area contributed by atoms with E-state index >= 15 is 0 Å². The van der Waals surface area contributed by atoms with Gasteiger partial charge in [0.25, 0.3) is 0 Å². The molecule has 1 aromatic heterocycles. The third-order valence-electron chi connectivity index (χ3n) is 1.84. The summed E-state index contributed by atoms with van der Waals surface area (Å²) in [6.45, 7) is 0. The summed E-state index contributed by atoms with van der Waals surface area (Å²) < 4.78 is 5.46. The molecule has 0 fully saturated rings. The van der Waals surface area contributed by atoms with Crippen LogP contribution in [0.1, 0.15) is 0 Å². The lowest BCUT2D eigenvalue weighted by atomic mass is 10.3. The first-order valence-electron chi connectivity index (χ1n) is 4.41. The summed E-state index contributed by atoms with van der Waals surface area (Å²) in [5.41, 5.74) is 0. The van der Waals surface area contributed by atoms with Crippen LogP contribution >= 0.6 is 34.8 Å². The number of pyridine rings is 1. The minimum absolute atomic E-state index is 0.277. The van der Waals surface area contributed by atoms with Crippen molar-refractivity contribution in [3.8, 4) is 11.6 Å². The summed E-state index contributed by atoms with van der Waals surface area (Å²) >= 11 is 17.8. The molecule has 0 saturated heterocycles. The van der Waals surface area contributed by atoms with Crippen LogP contribution in [-0.4, -0.2) is 4.98 Å². The zero-order valence-electron chi connectivity index (χ0n) is 7.95. The Morgan fingerprint density at radius 1 is 0.875 bits per heavy atom. The fourth-order valence-corrected chi connectivity index (χ4v) is 1.76. The predicted molar refractivity (Wildman–Crippen MR) is 65.8 cm³/mol. The van der Waals surface area contributed by atoms with E-state index < -0.39 is 0 Å². The van der Waals surface area contributed by atoms with Crippen LogP contribution in [0.25, 0.3) is 0 Å². The fraction of sp³-hybridized carbons (Fsp3) is 0. The van der Waals surface area contributed by atoms with Crippen LogP contribution in [0.3, 0.4) is 0 Å². The highest BCUT2D eigenvalue weighted by atomic mass is 35.5. The second kappa shape index (κ2) is 4.91. The van der Waals surface area contributed by atoms with Gasteiger partial charge in [0, 0.05) is 6.20 Å². The Morgan fingerprint density at radius 3 is 2.12 bits per heavy atom. The van der Waals surface area contributed by atoms with Crippen LogP contribution in [0.15, 0.2) is 36.5 Å². The lowest BCUT2D eigenvalue weighted by Gasteiger charge is -2.08. The van der Waals surface area contributed by atoms with Gasteiger partial charge in [0.2, 0.25) is 5.88 Å². The van der Waals surface area contributed by atoms with Gasteiger partial charge in [-0.15, -0.1) is 0 Å². The fourth-order valence-electron chi connectivity index (χ4n) is 1.12. The lowest BCUT2D eigenvalue weighted by Crippen LogP contribution is -1.90. The minimum atomic E-state index is 0.277. The van der Waals surface area contributed by atoms with Gasteiger partial charge in [-0.1, -0.05) is 40.9 Å². The summed E-state index contributed by atoms with van der Waals surface area (Å²) in [5, 5.41) is 1.22. The first-order valence-corrected chi connectivity index (χ1v) is 5.54. The van der Waals surface area contributed by atoms with E-state index in [-0.39, 0.29) is 5.88 Å². The summed E-state index contributed by atoms with van der Waals surface area (Å²) in [5.74, 6) is 0.630. The van der Waals surface area contributed by atoms with Gasteiger partial charge in [0.1, 0.15) is 5.02 Å². The second-order valence-electron chi connectivity index (χ2n) is 2.94. The maximum atomic E-state index is 5.95. The summed E-state index contributed by atoms with van der Waals surface area (Å²) in [4.78, 5) is 3.98. The Balaban J connectivity index is 2.38. The number of ether oxygens (including phenoxy) is 1. The Morgan fingerprint density at radius 2 is 1.50 bits per heavy atom. The Kier molecular flexibility index (Phi) is 3.54. The van der Waals surface area contributed by atoms with Gasteiger partial charge in [0.05, 0.1) is 10.0 Å². The van der Waals surface area contributed by atoms with Crippen LogP contribution in [-0.2, 0) is 0 Å². The number of hydrogen-bond donors (Lipinski definition) is 0. The number of aromatic nitrogens is 1. The van der Waals surface area contributed by atoms with Gasteiger partial charge < -0.3 is 4.74 Å². The molecule has 1 aromatic carbocycles. The molecule has 2 rings (SSSR count). The van der Waals surface area contributed by atoms with Crippen molar-refractivity contribution in [1.29, 1.82) is 0 Å². The maximum absolute atomic E-state index is 5.95. The van der Waals surface area contributed by atoms with Crippen LogP contribution < -0.4 is 4.74 Å². The van der Waals surface area contributed by atoms with Crippen molar-refractivity contribution in [3.63, 3.8) is 0 Å². The molecule has 0 atom stereocenters. The standard InChI is InChI=1S/C11H6Cl3NO/c12-7-3-1-4-8(13)10(7)16-11-9(14)5-2-6-15-11/h1-6H. The number of rotatable bonds is 2. The van der Waals surface area contributed by atoms with E-state index in [2.05, 4.69) is 4.98 Å². The average Bonchev–Trinajstić information content (AvgIpc) is 2.26. The van der Waals surface area contributed by atoms with Crippen molar-refractivity contribution < 1.29 is 4.74 Å². The van der Waals surface area contributed by atoms with E-state index in [1.807, 2.05) is 0 Å². The van der Waals surface area contributed by atoms with Crippen molar-refractivity contribution >= 4 is 34.8 Å². The number of halogens is 3. The second-order valence-corrected chi connectivity index (χ2v) is 4.16. The zero-order chi connectivity index (χ0) is 11.5. The molecular weight excluding hydrogens is 268 g/mol. The van der Waals surface area contributed by atoms with Gasteiger partial charge in [0.15, 0.2) is 5.75 Å². The molecule has 0 spiro atoms. The molecule has 0 radical (unpaired) electrons. The van der Waals surface area contributed by atoms with Crippen LogP contribution in [0, 0.1) is 0 Å². The van der Waals surface area contributed by atoms with Crippen molar-refractivity contribution in [2.75, 3.05) is 0 Å². The Labute approximate surface area is 108 Å². The highest BCUT2D eigenvalue weighted by Gasteiger charge is 2.10. The molecule has 0 N–H and O–H groups in total. The van der Waals surface area contributed by atoms with E-state index in [0.717, 1.165) is 0 Å².